The third-order valence-electron chi connectivity index (χ3n) is 2.00. The zero-order valence-electron chi connectivity index (χ0n) is 7.73. The van der Waals surface area contributed by atoms with Crippen molar-refractivity contribution in [2.24, 2.45) is 0 Å². The maximum absolute atomic E-state index is 4.12. The number of hydrogen-bond acceptors (Lipinski definition) is 3. The normalized spacial score (nSPS) is 11.0. The molecule has 0 saturated carbocycles. The van der Waals surface area contributed by atoms with Crippen molar-refractivity contribution in [1.29, 1.82) is 0 Å². The van der Waals surface area contributed by atoms with E-state index >= 15 is 0 Å². The fourth-order valence-corrected chi connectivity index (χ4v) is 1.18. The van der Waals surface area contributed by atoms with E-state index in [-0.39, 0.29) is 0 Å². The van der Waals surface area contributed by atoms with Crippen molar-refractivity contribution in [3.05, 3.63) is 30.2 Å². The molecule has 0 amide bonds. The molecule has 0 aliphatic rings. The van der Waals surface area contributed by atoms with Crippen LogP contribution in [0.1, 0.15) is 25.5 Å². The van der Waals surface area contributed by atoms with E-state index in [9.17, 15) is 0 Å². The highest BCUT2D eigenvalue weighted by atomic mass is 15.1. The summed E-state index contributed by atoms with van der Waals surface area (Å²) in [6.07, 6.45) is 3.50. The molecule has 2 aromatic heterocycles. The van der Waals surface area contributed by atoms with Gasteiger partial charge in [0.25, 0.3) is 0 Å². The molecule has 0 N–H and O–H groups in total. The molecular formula is C10H11N3. The summed E-state index contributed by atoms with van der Waals surface area (Å²) in [7, 11) is 0. The molecule has 0 fully saturated rings. The van der Waals surface area contributed by atoms with Gasteiger partial charge in [-0.25, -0.2) is 0 Å². The Kier molecular flexibility index (Phi) is 1.93. The van der Waals surface area contributed by atoms with Crippen LogP contribution in [0.4, 0.5) is 0 Å². The minimum Gasteiger partial charge on any atom is -0.262 e. The third-order valence-corrected chi connectivity index (χ3v) is 2.00. The molecule has 2 heterocycles. The first-order chi connectivity index (χ1) is 6.27. The van der Waals surface area contributed by atoms with Crippen molar-refractivity contribution in [3.8, 4) is 0 Å². The van der Waals surface area contributed by atoms with Crippen LogP contribution in [-0.2, 0) is 0 Å². The lowest BCUT2D eigenvalue weighted by Crippen LogP contribution is -1.95. The van der Waals surface area contributed by atoms with Crippen LogP contribution in [0.2, 0.25) is 0 Å². The summed E-state index contributed by atoms with van der Waals surface area (Å²) in [4.78, 5) is 3.98. The molecule has 3 heteroatoms. The first-order valence-electron chi connectivity index (χ1n) is 4.35. The van der Waals surface area contributed by atoms with Gasteiger partial charge in [-0.1, -0.05) is 13.8 Å². The van der Waals surface area contributed by atoms with Gasteiger partial charge in [-0.2, -0.15) is 5.10 Å². The van der Waals surface area contributed by atoms with Crippen molar-refractivity contribution in [2.45, 2.75) is 19.8 Å². The lowest BCUT2D eigenvalue weighted by atomic mass is 10.1. The van der Waals surface area contributed by atoms with E-state index in [2.05, 4.69) is 35.1 Å². The summed E-state index contributed by atoms with van der Waals surface area (Å²) in [5.41, 5.74) is 1.88. The molecule has 0 radical (unpaired) electrons. The topological polar surface area (TPSA) is 38.7 Å². The highest BCUT2D eigenvalue weighted by Gasteiger charge is 2.02. The zero-order chi connectivity index (χ0) is 9.26. The summed E-state index contributed by atoms with van der Waals surface area (Å²) in [5.74, 6) is 0.421. The number of aromatic nitrogens is 3. The Labute approximate surface area is 76.8 Å². The lowest BCUT2D eigenvalue weighted by Gasteiger charge is -2.03. The van der Waals surface area contributed by atoms with Crippen LogP contribution in [0.3, 0.4) is 0 Å². The number of rotatable bonds is 1. The van der Waals surface area contributed by atoms with E-state index in [0.717, 1.165) is 16.6 Å². The Morgan fingerprint density at radius 1 is 1.23 bits per heavy atom. The van der Waals surface area contributed by atoms with Gasteiger partial charge in [-0.3, -0.25) is 4.98 Å². The SMILES string of the molecule is CC(C)c1cc2ccncc2nn1. The van der Waals surface area contributed by atoms with Crippen molar-refractivity contribution in [1.82, 2.24) is 15.2 Å². The van der Waals surface area contributed by atoms with Gasteiger partial charge in [0.1, 0.15) is 5.52 Å². The second kappa shape index (κ2) is 3.09. The summed E-state index contributed by atoms with van der Waals surface area (Å²) < 4.78 is 0. The predicted molar refractivity (Wildman–Crippen MR) is 51.4 cm³/mol. The molecule has 0 aliphatic heterocycles. The molecular weight excluding hydrogens is 162 g/mol. The molecule has 0 spiro atoms. The maximum Gasteiger partial charge on any atom is 0.111 e. The summed E-state index contributed by atoms with van der Waals surface area (Å²) in [5, 5.41) is 9.31. The molecule has 0 saturated heterocycles. The number of nitrogens with zero attached hydrogens (tertiary/aromatic N) is 3. The zero-order valence-corrected chi connectivity index (χ0v) is 7.73. The smallest absolute Gasteiger partial charge is 0.111 e. The Balaban J connectivity index is 2.62. The van der Waals surface area contributed by atoms with E-state index in [0.29, 0.717) is 5.92 Å². The van der Waals surface area contributed by atoms with Gasteiger partial charge in [-0.15, -0.1) is 5.10 Å². The number of pyridine rings is 1. The molecule has 0 unspecified atom stereocenters. The molecule has 2 rings (SSSR count). The minimum absolute atomic E-state index is 0.421. The van der Waals surface area contributed by atoms with Gasteiger partial charge in [0.05, 0.1) is 11.9 Å². The molecule has 66 valence electrons. The van der Waals surface area contributed by atoms with Gasteiger partial charge in [0.15, 0.2) is 0 Å². The van der Waals surface area contributed by atoms with E-state index in [1.54, 1.807) is 12.4 Å². The summed E-state index contributed by atoms with van der Waals surface area (Å²) >= 11 is 0. The first-order valence-corrected chi connectivity index (χ1v) is 4.35. The van der Waals surface area contributed by atoms with Crippen LogP contribution in [0.25, 0.3) is 10.9 Å². The second-order valence-corrected chi connectivity index (χ2v) is 3.36. The van der Waals surface area contributed by atoms with E-state index < -0.39 is 0 Å². The average Bonchev–Trinajstić information content (AvgIpc) is 2.17. The highest BCUT2D eigenvalue weighted by Crippen LogP contribution is 2.15. The molecule has 0 aliphatic carbocycles. The highest BCUT2D eigenvalue weighted by molar-refractivity contribution is 5.76. The standard InChI is InChI=1S/C10H11N3/c1-7(2)9-5-8-3-4-11-6-10(8)13-12-9/h3-7H,1-2H3. The lowest BCUT2D eigenvalue weighted by molar-refractivity contribution is 0.794. The van der Waals surface area contributed by atoms with Crippen LogP contribution in [-0.4, -0.2) is 15.2 Å². The van der Waals surface area contributed by atoms with Gasteiger partial charge in [-0.05, 0) is 18.1 Å². The second-order valence-electron chi connectivity index (χ2n) is 3.36. The van der Waals surface area contributed by atoms with Crippen LogP contribution < -0.4 is 0 Å². The Hall–Kier alpha value is -1.51. The summed E-state index contributed by atoms with van der Waals surface area (Å²) in [6.45, 7) is 4.22. The molecule has 2 aromatic rings. The van der Waals surface area contributed by atoms with Crippen molar-refractivity contribution < 1.29 is 0 Å². The number of fused-ring (bicyclic) bond motifs is 1. The van der Waals surface area contributed by atoms with E-state index in [1.807, 2.05) is 6.07 Å². The number of hydrogen-bond donors (Lipinski definition) is 0. The largest absolute Gasteiger partial charge is 0.262 e. The molecule has 0 bridgehead atoms. The van der Waals surface area contributed by atoms with Crippen LogP contribution in [0.15, 0.2) is 24.5 Å². The minimum atomic E-state index is 0.421. The van der Waals surface area contributed by atoms with Crippen molar-refractivity contribution in [2.75, 3.05) is 0 Å². The quantitative estimate of drug-likeness (QED) is 0.663. The third kappa shape index (κ3) is 1.49. The van der Waals surface area contributed by atoms with E-state index in [4.69, 9.17) is 0 Å². The average molecular weight is 173 g/mol. The van der Waals surface area contributed by atoms with E-state index in [1.165, 1.54) is 0 Å². The Bertz CT molecular complexity index is 423. The van der Waals surface area contributed by atoms with Gasteiger partial charge < -0.3 is 0 Å². The Morgan fingerprint density at radius 3 is 2.85 bits per heavy atom. The van der Waals surface area contributed by atoms with Crippen LogP contribution >= 0.6 is 0 Å². The van der Waals surface area contributed by atoms with Crippen LogP contribution in [0, 0.1) is 0 Å². The molecule has 13 heavy (non-hydrogen) atoms. The Morgan fingerprint density at radius 2 is 2.08 bits per heavy atom. The monoisotopic (exact) mass is 173 g/mol. The van der Waals surface area contributed by atoms with Crippen molar-refractivity contribution in [3.63, 3.8) is 0 Å². The summed E-state index contributed by atoms with van der Waals surface area (Å²) in [6, 6.07) is 4.02. The van der Waals surface area contributed by atoms with Gasteiger partial charge in [0, 0.05) is 11.6 Å². The fourth-order valence-electron chi connectivity index (χ4n) is 1.18. The van der Waals surface area contributed by atoms with Gasteiger partial charge in [0.2, 0.25) is 0 Å². The van der Waals surface area contributed by atoms with Crippen molar-refractivity contribution >= 4 is 10.9 Å². The molecule has 3 nitrogen and oxygen atoms in total. The molecule has 0 atom stereocenters. The van der Waals surface area contributed by atoms with Gasteiger partial charge >= 0.3 is 0 Å². The first kappa shape index (κ1) is 8.10. The predicted octanol–water partition coefficient (Wildman–Crippen LogP) is 2.15. The molecule has 0 aromatic carbocycles. The van der Waals surface area contributed by atoms with Crippen LogP contribution in [0.5, 0.6) is 0 Å². The maximum atomic E-state index is 4.12. The fraction of sp³-hybridized carbons (Fsp3) is 0.300.